The van der Waals surface area contributed by atoms with E-state index in [2.05, 4.69) is 6.58 Å². The van der Waals surface area contributed by atoms with E-state index in [4.69, 9.17) is 4.74 Å². The average Bonchev–Trinajstić information content (AvgIpc) is 2.56. The Bertz CT molecular complexity index is 770. The summed E-state index contributed by atoms with van der Waals surface area (Å²) in [5.41, 5.74) is 3.37. The van der Waals surface area contributed by atoms with Crippen LogP contribution in [0.3, 0.4) is 0 Å². The van der Waals surface area contributed by atoms with Crippen LogP contribution in [0.15, 0.2) is 60.7 Å². The highest BCUT2D eigenvalue weighted by Gasteiger charge is 2.21. The summed E-state index contributed by atoms with van der Waals surface area (Å²) in [6.07, 6.45) is 5.08. The van der Waals surface area contributed by atoms with Gasteiger partial charge in [-0.2, -0.15) is 0 Å². The number of Topliss-reactive ketones (excluding diaryl/α,β-unsaturated/α-hetero) is 1. The fourth-order valence-corrected chi connectivity index (χ4v) is 2.72. The number of benzene rings is 2. The lowest BCUT2D eigenvalue weighted by Gasteiger charge is -2.17. The number of hydrogen-bond acceptors (Lipinski definition) is 3. The number of aryl methyl sites for hydroxylation is 1. The molecule has 0 heterocycles. The number of allylic oxidation sites excluding steroid dienone is 1. The molecule has 1 aliphatic carbocycles. The molecule has 0 fully saturated rings. The first-order valence-corrected chi connectivity index (χ1v) is 7.58. The zero-order chi connectivity index (χ0) is 16.2. The minimum absolute atomic E-state index is 0.0400. The Kier molecular flexibility index (Phi) is 4.29. The van der Waals surface area contributed by atoms with Gasteiger partial charge in [0.1, 0.15) is 18.1 Å². The van der Waals surface area contributed by atoms with Gasteiger partial charge in [0.2, 0.25) is 0 Å². The molecule has 23 heavy (non-hydrogen) atoms. The van der Waals surface area contributed by atoms with Gasteiger partial charge in [-0.1, -0.05) is 24.8 Å². The van der Waals surface area contributed by atoms with Crippen molar-refractivity contribution in [1.82, 2.24) is 0 Å². The molecule has 1 aliphatic rings. The van der Waals surface area contributed by atoms with Crippen molar-refractivity contribution >= 4 is 11.9 Å². The number of ketones is 1. The van der Waals surface area contributed by atoms with Gasteiger partial charge < -0.3 is 9.84 Å². The molecule has 0 saturated heterocycles. The number of phenols is 1. The summed E-state index contributed by atoms with van der Waals surface area (Å²) in [6.45, 7) is 4.09. The molecule has 0 aromatic heterocycles. The maximum atomic E-state index is 12.6. The van der Waals surface area contributed by atoms with Gasteiger partial charge in [0.15, 0.2) is 5.78 Å². The van der Waals surface area contributed by atoms with Crippen LogP contribution in [0, 0.1) is 0 Å². The number of hydrogen-bond donors (Lipinski definition) is 1. The summed E-state index contributed by atoms with van der Waals surface area (Å²) >= 11 is 0. The summed E-state index contributed by atoms with van der Waals surface area (Å²) in [5.74, 6) is 1.03. The molecule has 0 bridgehead atoms. The molecular formula is C20H18O3. The summed E-state index contributed by atoms with van der Waals surface area (Å²) in [4.78, 5) is 12.6. The third-order valence-corrected chi connectivity index (χ3v) is 3.88. The second-order valence-electron chi connectivity index (χ2n) is 5.51. The highest BCUT2D eigenvalue weighted by molar-refractivity contribution is 6.13. The molecule has 0 amide bonds. The number of carbonyl (C=O) groups excluding carboxylic acids is 1. The van der Waals surface area contributed by atoms with Crippen LogP contribution in [0.1, 0.15) is 27.9 Å². The van der Waals surface area contributed by atoms with Crippen LogP contribution in [-0.2, 0) is 6.42 Å². The van der Waals surface area contributed by atoms with E-state index in [9.17, 15) is 9.90 Å². The Labute approximate surface area is 135 Å². The number of ether oxygens (including phenoxy) is 1. The lowest BCUT2D eigenvalue weighted by molar-refractivity contribution is 0.102. The Balaban J connectivity index is 1.82. The molecular weight excluding hydrogens is 288 g/mol. The first kappa shape index (κ1) is 15.1. The molecule has 1 N–H and O–H groups in total. The van der Waals surface area contributed by atoms with Crippen molar-refractivity contribution in [2.45, 2.75) is 12.8 Å². The maximum Gasteiger partial charge on any atom is 0.189 e. The lowest BCUT2D eigenvalue weighted by Crippen LogP contribution is -2.13. The van der Waals surface area contributed by atoms with Crippen molar-refractivity contribution in [3.8, 4) is 11.5 Å². The number of aromatic hydroxyl groups is 1. The van der Waals surface area contributed by atoms with Gasteiger partial charge >= 0.3 is 0 Å². The zero-order valence-electron chi connectivity index (χ0n) is 12.8. The van der Waals surface area contributed by atoms with Crippen LogP contribution in [-0.4, -0.2) is 17.5 Å². The zero-order valence-corrected chi connectivity index (χ0v) is 12.8. The second-order valence-corrected chi connectivity index (χ2v) is 5.51. The first-order chi connectivity index (χ1) is 11.2. The average molecular weight is 306 g/mol. The summed E-state index contributed by atoms with van der Waals surface area (Å²) in [5, 5.41) is 9.52. The largest absolute Gasteiger partial charge is 0.508 e. The van der Waals surface area contributed by atoms with Crippen molar-refractivity contribution < 1.29 is 14.6 Å². The molecule has 0 saturated carbocycles. The smallest absolute Gasteiger partial charge is 0.189 e. The quantitative estimate of drug-likeness (QED) is 0.681. The third-order valence-electron chi connectivity index (χ3n) is 3.88. The van der Waals surface area contributed by atoms with E-state index < -0.39 is 0 Å². The van der Waals surface area contributed by atoms with E-state index >= 15 is 0 Å². The van der Waals surface area contributed by atoms with Gasteiger partial charge in [-0.15, -0.1) is 0 Å². The lowest BCUT2D eigenvalue weighted by atomic mass is 9.86. The van der Waals surface area contributed by atoms with Crippen molar-refractivity contribution in [2.24, 2.45) is 0 Å². The molecule has 2 aromatic rings. The van der Waals surface area contributed by atoms with E-state index in [1.807, 2.05) is 30.3 Å². The molecule has 3 rings (SSSR count). The van der Waals surface area contributed by atoms with Crippen LogP contribution >= 0.6 is 0 Å². The molecule has 2 aromatic carbocycles. The van der Waals surface area contributed by atoms with Crippen LogP contribution in [0.4, 0.5) is 0 Å². The van der Waals surface area contributed by atoms with E-state index in [0.717, 1.165) is 28.9 Å². The van der Waals surface area contributed by atoms with E-state index in [0.29, 0.717) is 18.6 Å². The van der Waals surface area contributed by atoms with Gasteiger partial charge in [-0.25, -0.2) is 0 Å². The number of rotatable bonds is 4. The molecule has 0 unspecified atom stereocenters. The number of phenolic OH excluding ortho intramolecular Hbond substituents is 1. The Morgan fingerprint density at radius 3 is 2.65 bits per heavy atom. The van der Waals surface area contributed by atoms with Gasteiger partial charge in [-0.3, -0.25) is 4.79 Å². The van der Waals surface area contributed by atoms with Crippen molar-refractivity contribution in [3.63, 3.8) is 0 Å². The van der Waals surface area contributed by atoms with Crippen molar-refractivity contribution in [1.29, 1.82) is 0 Å². The molecule has 3 heteroatoms. The van der Waals surface area contributed by atoms with Gasteiger partial charge in [0.05, 0.1) is 0 Å². The number of carbonyl (C=O) groups is 1. The van der Waals surface area contributed by atoms with Crippen LogP contribution in [0.2, 0.25) is 0 Å². The monoisotopic (exact) mass is 306 g/mol. The third kappa shape index (κ3) is 3.34. The summed E-state index contributed by atoms with van der Waals surface area (Å²) in [6, 6.07) is 12.6. The topological polar surface area (TPSA) is 46.5 Å². The Hall–Kier alpha value is -2.81. The minimum atomic E-state index is 0.0400. The summed E-state index contributed by atoms with van der Waals surface area (Å²) in [7, 11) is 0. The van der Waals surface area contributed by atoms with Crippen molar-refractivity contribution in [3.05, 3.63) is 77.4 Å². The van der Waals surface area contributed by atoms with Crippen LogP contribution in [0.5, 0.6) is 11.5 Å². The SMILES string of the molecule is C=CCOc1ccc(/C=C2\CCc3cc(O)ccc3C2=O)cc1. The molecule has 0 atom stereocenters. The van der Waals surface area contributed by atoms with Crippen LogP contribution in [0.25, 0.3) is 6.08 Å². The maximum absolute atomic E-state index is 12.6. The van der Waals surface area contributed by atoms with Gasteiger partial charge in [0, 0.05) is 11.1 Å². The first-order valence-electron chi connectivity index (χ1n) is 7.58. The van der Waals surface area contributed by atoms with Crippen LogP contribution < -0.4 is 4.74 Å². The molecule has 0 aliphatic heterocycles. The standard InChI is InChI=1S/C20H18O3/c1-2-11-23-18-8-3-14(4-9-18)12-16-6-5-15-13-17(21)7-10-19(15)20(16)22/h2-4,7-10,12-13,21H,1,5-6,11H2/b16-12+. The molecule has 0 spiro atoms. The predicted molar refractivity (Wildman–Crippen MR) is 90.9 cm³/mol. The molecule has 0 radical (unpaired) electrons. The number of fused-ring (bicyclic) bond motifs is 1. The van der Waals surface area contributed by atoms with E-state index in [1.165, 1.54) is 0 Å². The second kappa shape index (κ2) is 6.53. The van der Waals surface area contributed by atoms with Gasteiger partial charge in [0.25, 0.3) is 0 Å². The molecule has 3 nitrogen and oxygen atoms in total. The Morgan fingerprint density at radius 2 is 1.91 bits per heavy atom. The minimum Gasteiger partial charge on any atom is -0.508 e. The normalized spacial score (nSPS) is 15.3. The van der Waals surface area contributed by atoms with E-state index in [-0.39, 0.29) is 11.5 Å². The van der Waals surface area contributed by atoms with E-state index in [1.54, 1.807) is 24.3 Å². The highest BCUT2D eigenvalue weighted by Crippen LogP contribution is 2.29. The predicted octanol–water partition coefficient (Wildman–Crippen LogP) is 4.17. The van der Waals surface area contributed by atoms with Gasteiger partial charge in [-0.05, 0) is 60.4 Å². The summed E-state index contributed by atoms with van der Waals surface area (Å²) < 4.78 is 5.45. The fourth-order valence-electron chi connectivity index (χ4n) is 2.72. The fraction of sp³-hybridized carbons (Fsp3) is 0.150. The highest BCUT2D eigenvalue weighted by atomic mass is 16.5. The molecule has 116 valence electrons. The van der Waals surface area contributed by atoms with Crippen molar-refractivity contribution in [2.75, 3.05) is 6.61 Å². The Morgan fingerprint density at radius 1 is 1.13 bits per heavy atom.